The van der Waals surface area contributed by atoms with Crippen LogP contribution in [0.25, 0.3) is 0 Å². The van der Waals surface area contributed by atoms with Crippen molar-refractivity contribution in [3.63, 3.8) is 0 Å². The molecule has 0 aliphatic heterocycles. The normalized spacial score (nSPS) is 12.4. The number of hydrogen-bond donors (Lipinski definition) is 1. The highest BCUT2D eigenvalue weighted by molar-refractivity contribution is 9.13. The predicted octanol–water partition coefficient (Wildman–Crippen LogP) is 4.83. The van der Waals surface area contributed by atoms with Gasteiger partial charge in [-0.05, 0) is 56.3 Å². The third-order valence-electron chi connectivity index (χ3n) is 2.19. The quantitative estimate of drug-likeness (QED) is 0.793. The minimum Gasteiger partial charge on any atom is -0.344 e. The van der Waals surface area contributed by atoms with Gasteiger partial charge in [-0.2, -0.15) is 0 Å². The highest BCUT2D eigenvalue weighted by Crippen LogP contribution is 2.32. The van der Waals surface area contributed by atoms with Gasteiger partial charge in [0.2, 0.25) is 0 Å². The van der Waals surface area contributed by atoms with E-state index >= 15 is 0 Å². The summed E-state index contributed by atoms with van der Waals surface area (Å²) in [4.78, 5) is 13.8. The van der Waals surface area contributed by atoms with Gasteiger partial charge in [0.25, 0.3) is 5.91 Å². The maximum Gasteiger partial charge on any atom is 0.261 e. The molecule has 17 heavy (non-hydrogen) atoms. The van der Waals surface area contributed by atoms with Crippen molar-refractivity contribution in [1.29, 1.82) is 0 Å². The third kappa shape index (κ3) is 3.19. The van der Waals surface area contributed by atoms with E-state index in [-0.39, 0.29) is 11.9 Å². The van der Waals surface area contributed by atoms with Crippen molar-refractivity contribution in [3.8, 4) is 0 Å². The van der Waals surface area contributed by atoms with Gasteiger partial charge in [-0.25, -0.2) is 0 Å². The molecule has 0 aliphatic carbocycles. The van der Waals surface area contributed by atoms with Crippen molar-refractivity contribution in [1.82, 2.24) is 5.32 Å². The summed E-state index contributed by atoms with van der Waals surface area (Å²) in [6.45, 7) is 1.99. The van der Waals surface area contributed by atoms with Crippen molar-refractivity contribution in [2.24, 2.45) is 0 Å². The van der Waals surface area contributed by atoms with Crippen LogP contribution in [0.4, 0.5) is 0 Å². The Hall–Kier alpha value is -0.170. The number of carbonyl (C=O) groups is 1. The maximum atomic E-state index is 12.0. The van der Waals surface area contributed by atoms with Gasteiger partial charge in [-0.1, -0.05) is 6.07 Å². The van der Waals surface area contributed by atoms with Crippen LogP contribution in [0.1, 0.15) is 27.5 Å². The summed E-state index contributed by atoms with van der Waals surface area (Å²) in [7, 11) is 0. The molecule has 6 heteroatoms. The Bertz CT molecular complexity index is 502. The number of hydrogen-bond acceptors (Lipinski definition) is 3. The second-order valence-electron chi connectivity index (χ2n) is 3.44. The molecule has 0 aromatic carbocycles. The summed E-state index contributed by atoms with van der Waals surface area (Å²) in [5.41, 5.74) is 0. The molecule has 2 heterocycles. The molecule has 0 saturated carbocycles. The Balaban J connectivity index is 2.07. The first kappa shape index (κ1) is 13.3. The molecule has 90 valence electrons. The molecule has 0 unspecified atom stereocenters. The fourth-order valence-electron chi connectivity index (χ4n) is 1.34. The number of rotatable bonds is 3. The standard InChI is InChI=1S/C11H9Br2NOS2/c1-6(8-3-2-4-16-8)14-11(15)9-5-7(12)10(13)17-9/h2-6H,1H3,(H,14,15)/t6-/m0/s1. The van der Waals surface area contributed by atoms with Gasteiger partial charge in [0.1, 0.15) is 0 Å². The monoisotopic (exact) mass is 393 g/mol. The summed E-state index contributed by atoms with van der Waals surface area (Å²) in [6.07, 6.45) is 0. The summed E-state index contributed by atoms with van der Waals surface area (Å²) in [5, 5.41) is 4.99. The summed E-state index contributed by atoms with van der Waals surface area (Å²) < 4.78 is 1.85. The molecule has 2 aromatic rings. The average molecular weight is 395 g/mol. The largest absolute Gasteiger partial charge is 0.344 e. The second kappa shape index (κ2) is 5.65. The number of amides is 1. The van der Waals surface area contributed by atoms with Crippen LogP contribution in [0.2, 0.25) is 0 Å². The van der Waals surface area contributed by atoms with E-state index in [0.29, 0.717) is 4.88 Å². The Morgan fingerprint density at radius 2 is 2.24 bits per heavy atom. The Morgan fingerprint density at radius 3 is 2.76 bits per heavy atom. The maximum absolute atomic E-state index is 12.0. The second-order valence-corrected chi connectivity index (χ2v) is 7.65. The first-order valence-corrected chi connectivity index (χ1v) is 8.15. The van der Waals surface area contributed by atoms with Crippen molar-refractivity contribution < 1.29 is 4.79 Å². The topological polar surface area (TPSA) is 29.1 Å². The van der Waals surface area contributed by atoms with E-state index in [1.165, 1.54) is 11.3 Å². The zero-order valence-electron chi connectivity index (χ0n) is 8.87. The first-order valence-electron chi connectivity index (χ1n) is 4.87. The van der Waals surface area contributed by atoms with E-state index in [1.54, 1.807) is 11.3 Å². The van der Waals surface area contributed by atoms with E-state index in [2.05, 4.69) is 37.2 Å². The van der Waals surface area contributed by atoms with Crippen LogP contribution >= 0.6 is 54.5 Å². The van der Waals surface area contributed by atoms with Gasteiger partial charge in [-0.3, -0.25) is 4.79 Å². The highest BCUT2D eigenvalue weighted by atomic mass is 79.9. The Labute approximate surface area is 124 Å². The molecular weight excluding hydrogens is 386 g/mol. The minimum atomic E-state index is -0.0395. The van der Waals surface area contributed by atoms with Crippen molar-refractivity contribution in [2.45, 2.75) is 13.0 Å². The molecule has 0 spiro atoms. The summed E-state index contributed by atoms with van der Waals surface area (Å²) in [6, 6.07) is 5.88. The zero-order chi connectivity index (χ0) is 12.4. The number of carbonyl (C=O) groups excluding carboxylic acids is 1. The molecule has 0 aliphatic rings. The van der Waals surface area contributed by atoms with E-state index < -0.39 is 0 Å². The smallest absolute Gasteiger partial charge is 0.261 e. The Kier molecular flexibility index (Phi) is 4.41. The van der Waals surface area contributed by atoms with Crippen LogP contribution in [0.15, 0.2) is 31.8 Å². The lowest BCUT2D eigenvalue weighted by Crippen LogP contribution is -2.25. The zero-order valence-corrected chi connectivity index (χ0v) is 13.7. The van der Waals surface area contributed by atoms with Gasteiger partial charge in [0.05, 0.1) is 14.7 Å². The van der Waals surface area contributed by atoms with E-state index in [1.807, 2.05) is 30.5 Å². The summed E-state index contributed by atoms with van der Waals surface area (Å²) in [5.74, 6) is -0.0395. The molecule has 0 bridgehead atoms. The predicted molar refractivity (Wildman–Crippen MR) is 79.9 cm³/mol. The Morgan fingerprint density at radius 1 is 1.47 bits per heavy atom. The lowest BCUT2D eigenvalue weighted by molar-refractivity contribution is 0.0944. The minimum absolute atomic E-state index is 0.0395. The van der Waals surface area contributed by atoms with Crippen molar-refractivity contribution in [3.05, 3.63) is 41.6 Å². The van der Waals surface area contributed by atoms with Gasteiger partial charge < -0.3 is 5.32 Å². The lowest BCUT2D eigenvalue weighted by Gasteiger charge is -2.10. The van der Waals surface area contributed by atoms with Crippen molar-refractivity contribution >= 4 is 60.4 Å². The molecule has 1 atom stereocenters. The molecule has 0 fully saturated rings. The third-order valence-corrected chi connectivity index (χ3v) is 6.50. The van der Waals surface area contributed by atoms with Crippen LogP contribution in [-0.4, -0.2) is 5.91 Å². The van der Waals surface area contributed by atoms with Gasteiger partial charge in [0, 0.05) is 9.35 Å². The molecule has 2 aromatic heterocycles. The van der Waals surface area contributed by atoms with Crippen LogP contribution < -0.4 is 5.32 Å². The summed E-state index contributed by atoms with van der Waals surface area (Å²) >= 11 is 9.83. The average Bonchev–Trinajstić information content (AvgIpc) is 2.89. The van der Waals surface area contributed by atoms with Crippen LogP contribution in [-0.2, 0) is 0 Å². The van der Waals surface area contributed by atoms with E-state index in [4.69, 9.17) is 0 Å². The van der Waals surface area contributed by atoms with Gasteiger partial charge in [-0.15, -0.1) is 22.7 Å². The number of thiophene rings is 2. The van der Waals surface area contributed by atoms with Crippen LogP contribution in [0.3, 0.4) is 0 Å². The fraction of sp³-hybridized carbons (Fsp3) is 0.182. The van der Waals surface area contributed by atoms with Crippen LogP contribution in [0, 0.1) is 0 Å². The fourth-order valence-corrected chi connectivity index (χ4v) is 4.01. The molecule has 1 amide bonds. The van der Waals surface area contributed by atoms with E-state index in [9.17, 15) is 4.79 Å². The molecule has 2 rings (SSSR count). The molecule has 0 radical (unpaired) electrons. The first-order chi connectivity index (χ1) is 8.08. The SMILES string of the molecule is C[C@H](NC(=O)c1cc(Br)c(Br)s1)c1cccs1. The van der Waals surface area contributed by atoms with Gasteiger partial charge >= 0.3 is 0 Å². The lowest BCUT2D eigenvalue weighted by atomic mass is 10.2. The molecule has 1 N–H and O–H groups in total. The van der Waals surface area contributed by atoms with Crippen LogP contribution in [0.5, 0.6) is 0 Å². The highest BCUT2D eigenvalue weighted by Gasteiger charge is 2.15. The van der Waals surface area contributed by atoms with Crippen molar-refractivity contribution in [2.75, 3.05) is 0 Å². The molecule has 0 saturated heterocycles. The number of halogens is 2. The van der Waals surface area contributed by atoms with Gasteiger partial charge in [0.15, 0.2) is 0 Å². The number of nitrogens with one attached hydrogen (secondary N) is 1. The molecule has 2 nitrogen and oxygen atoms in total. The van der Waals surface area contributed by atoms with E-state index in [0.717, 1.165) is 13.1 Å². The molecular formula is C11H9Br2NOS2.